The summed E-state index contributed by atoms with van der Waals surface area (Å²) in [6, 6.07) is 6.95. The summed E-state index contributed by atoms with van der Waals surface area (Å²) in [5.74, 6) is -1.54. The SMILES string of the molecule is CCCC1NC(C)=C(C#N)C(c2ccc(Cl)cc2Cl)C1(CC)C(=O)O. The normalized spacial score (nSPS) is 26.1. The van der Waals surface area contributed by atoms with Crippen LogP contribution in [-0.4, -0.2) is 17.1 Å². The molecule has 1 aliphatic rings. The van der Waals surface area contributed by atoms with Gasteiger partial charge in [0.2, 0.25) is 0 Å². The maximum Gasteiger partial charge on any atom is 0.312 e. The van der Waals surface area contributed by atoms with Crippen LogP contribution >= 0.6 is 23.2 Å². The number of nitriles is 1. The minimum atomic E-state index is -1.15. The van der Waals surface area contributed by atoms with Gasteiger partial charge in [-0.05, 0) is 37.5 Å². The number of allylic oxidation sites excluding steroid dienone is 2. The number of hydrogen-bond donors (Lipinski definition) is 2. The Morgan fingerprint density at radius 3 is 2.56 bits per heavy atom. The number of hydrogen-bond acceptors (Lipinski definition) is 3. The molecule has 0 spiro atoms. The van der Waals surface area contributed by atoms with Gasteiger partial charge in [-0.1, -0.05) is 49.5 Å². The van der Waals surface area contributed by atoms with Crippen molar-refractivity contribution in [3.63, 3.8) is 0 Å². The zero-order valence-electron chi connectivity index (χ0n) is 14.6. The van der Waals surface area contributed by atoms with Gasteiger partial charge in [0.25, 0.3) is 0 Å². The van der Waals surface area contributed by atoms with Gasteiger partial charge >= 0.3 is 5.97 Å². The van der Waals surface area contributed by atoms with Crippen molar-refractivity contribution in [2.45, 2.75) is 52.0 Å². The maximum absolute atomic E-state index is 12.5. The number of nitrogens with one attached hydrogen (secondary N) is 1. The average Bonchev–Trinajstić information content (AvgIpc) is 2.55. The molecule has 0 saturated carbocycles. The minimum Gasteiger partial charge on any atom is -0.481 e. The molecule has 0 amide bonds. The highest BCUT2D eigenvalue weighted by atomic mass is 35.5. The predicted molar refractivity (Wildman–Crippen MR) is 99.7 cm³/mol. The molecule has 25 heavy (non-hydrogen) atoms. The lowest BCUT2D eigenvalue weighted by Crippen LogP contribution is -2.56. The van der Waals surface area contributed by atoms with Crippen LogP contribution in [0.4, 0.5) is 0 Å². The van der Waals surface area contributed by atoms with Gasteiger partial charge in [0, 0.05) is 27.7 Å². The van der Waals surface area contributed by atoms with E-state index in [1.165, 1.54) is 0 Å². The summed E-state index contributed by atoms with van der Waals surface area (Å²) in [4.78, 5) is 12.5. The summed E-state index contributed by atoms with van der Waals surface area (Å²) in [5.41, 5.74) is 0.606. The van der Waals surface area contributed by atoms with E-state index < -0.39 is 17.3 Å². The third kappa shape index (κ3) is 3.23. The van der Waals surface area contributed by atoms with Gasteiger partial charge in [0.05, 0.1) is 17.1 Å². The van der Waals surface area contributed by atoms with E-state index in [0.717, 1.165) is 6.42 Å². The largest absolute Gasteiger partial charge is 0.481 e. The second-order valence-corrected chi connectivity index (χ2v) is 7.28. The van der Waals surface area contributed by atoms with Gasteiger partial charge in [-0.25, -0.2) is 0 Å². The van der Waals surface area contributed by atoms with Crippen molar-refractivity contribution in [3.8, 4) is 6.07 Å². The molecule has 0 radical (unpaired) electrons. The van der Waals surface area contributed by atoms with Gasteiger partial charge in [0.15, 0.2) is 0 Å². The Hall–Kier alpha value is -1.70. The molecular formula is C19H22Cl2N2O2. The Kier molecular flexibility index (Phi) is 6.03. The van der Waals surface area contributed by atoms with Gasteiger partial charge < -0.3 is 10.4 Å². The van der Waals surface area contributed by atoms with E-state index in [-0.39, 0.29) is 6.04 Å². The predicted octanol–water partition coefficient (Wildman–Crippen LogP) is 5.13. The van der Waals surface area contributed by atoms with Crippen molar-refractivity contribution in [1.29, 1.82) is 5.26 Å². The Labute approximate surface area is 158 Å². The lowest BCUT2D eigenvalue weighted by atomic mass is 9.60. The molecule has 1 aromatic carbocycles. The Balaban J connectivity index is 2.81. The molecule has 2 N–H and O–H groups in total. The lowest BCUT2D eigenvalue weighted by Gasteiger charge is -2.47. The zero-order valence-corrected chi connectivity index (χ0v) is 16.1. The summed E-state index contributed by atoms with van der Waals surface area (Å²) in [5, 5.41) is 24.1. The molecule has 0 fully saturated rings. The van der Waals surface area contributed by atoms with Crippen molar-refractivity contribution in [2.24, 2.45) is 5.41 Å². The monoisotopic (exact) mass is 380 g/mol. The van der Waals surface area contributed by atoms with E-state index in [2.05, 4.69) is 11.4 Å². The number of halogens is 2. The van der Waals surface area contributed by atoms with Crippen LogP contribution in [0.15, 0.2) is 29.5 Å². The number of benzene rings is 1. The van der Waals surface area contributed by atoms with Gasteiger partial charge in [-0.15, -0.1) is 0 Å². The van der Waals surface area contributed by atoms with Gasteiger partial charge in [0.1, 0.15) is 0 Å². The van der Waals surface area contributed by atoms with Crippen LogP contribution in [0.1, 0.15) is 51.5 Å². The van der Waals surface area contributed by atoms with Crippen LogP contribution in [0.5, 0.6) is 0 Å². The number of nitrogens with zero attached hydrogens (tertiary/aromatic N) is 1. The van der Waals surface area contributed by atoms with E-state index in [0.29, 0.717) is 39.7 Å². The van der Waals surface area contributed by atoms with Gasteiger partial charge in [-0.2, -0.15) is 5.26 Å². The highest BCUT2D eigenvalue weighted by molar-refractivity contribution is 6.35. The summed E-state index contributed by atoms with van der Waals surface area (Å²) in [6.45, 7) is 5.69. The number of rotatable bonds is 5. The van der Waals surface area contributed by atoms with E-state index in [4.69, 9.17) is 23.2 Å². The van der Waals surface area contributed by atoms with Crippen LogP contribution in [0.3, 0.4) is 0 Å². The fraction of sp³-hybridized carbons (Fsp3) is 0.474. The maximum atomic E-state index is 12.5. The molecule has 1 heterocycles. The molecule has 134 valence electrons. The molecule has 3 unspecified atom stereocenters. The molecule has 0 saturated heterocycles. The minimum absolute atomic E-state index is 0.283. The molecule has 0 aromatic heterocycles. The first-order valence-electron chi connectivity index (χ1n) is 8.39. The van der Waals surface area contributed by atoms with Crippen molar-refractivity contribution >= 4 is 29.2 Å². The first kappa shape index (κ1) is 19.6. The second kappa shape index (κ2) is 7.68. The van der Waals surface area contributed by atoms with Crippen LogP contribution in [-0.2, 0) is 4.79 Å². The highest BCUT2D eigenvalue weighted by Crippen LogP contribution is 2.52. The lowest BCUT2D eigenvalue weighted by molar-refractivity contribution is -0.153. The zero-order chi connectivity index (χ0) is 18.8. The summed E-state index contributed by atoms with van der Waals surface area (Å²) >= 11 is 12.4. The topological polar surface area (TPSA) is 73.1 Å². The third-order valence-corrected chi connectivity index (χ3v) is 5.74. The molecule has 6 heteroatoms. The fourth-order valence-electron chi connectivity index (χ4n) is 3.95. The Morgan fingerprint density at radius 1 is 1.40 bits per heavy atom. The fourth-order valence-corrected chi connectivity index (χ4v) is 4.47. The van der Waals surface area contributed by atoms with Crippen LogP contribution in [0.2, 0.25) is 10.0 Å². The van der Waals surface area contributed by atoms with Crippen LogP contribution in [0, 0.1) is 16.7 Å². The summed E-state index contributed by atoms with van der Waals surface area (Å²) in [6.07, 6.45) is 1.91. The summed E-state index contributed by atoms with van der Waals surface area (Å²) < 4.78 is 0. The first-order chi connectivity index (χ1) is 11.8. The average molecular weight is 381 g/mol. The smallest absolute Gasteiger partial charge is 0.312 e. The van der Waals surface area contributed by atoms with E-state index in [9.17, 15) is 15.2 Å². The number of aliphatic carboxylic acids is 1. The molecule has 0 aliphatic carbocycles. The molecule has 1 aromatic rings. The second-order valence-electron chi connectivity index (χ2n) is 6.43. The van der Waals surface area contributed by atoms with E-state index in [1.54, 1.807) is 18.2 Å². The van der Waals surface area contributed by atoms with Gasteiger partial charge in [-0.3, -0.25) is 4.79 Å². The molecular weight excluding hydrogens is 359 g/mol. The quantitative estimate of drug-likeness (QED) is 0.742. The number of carbonyl (C=O) groups is 1. The molecule has 0 bridgehead atoms. The van der Waals surface area contributed by atoms with Crippen molar-refractivity contribution < 1.29 is 9.90 Å². The van der Waals surface area contributed by atoms with Crippen molar-refractivity contribution in [2.75, 3.05) is 0 Å². The van der Waals surface area contributed by atoms with Crippen LogP contribution in [0.25, 0.3) is 0 Å². The Bertz CT molecular complexity index is 754. The summed E-state index contributed by atoms with van der Waals surface area (Å²) in [7, 11) is 0. The standard InChI is InChI=1S/C19H22Cl2N2O2/c1-4-6-16-19(5-2,18(24)25)17(14(10-22)11(3)23-16)13-8-7-12(20)9-15(13)21/h7-9,16-17,23H,4-6H2,1-3H3,(H,24,25). The molecule has 2 rings (SSSR count). The molecule has 1 aliphatic heterocycles. The first-order valence-corrected chi connectivity index (χ1v) is 9.14. The Morgan fingerprint density at radius 2 is 2.08 bits per heavy atom. The van der Waals surface area contributed by atoms with Crippen molar-refractivity contribution in [1.82, 2.24) is 5.32 Å². The highest BCUT2D eigenvalue weighted by Gasteiger charge is 2.55. The van der Waals surface area contributed by atoms with E-state index in [1.807, 2.05) is 20.8 Å². The van der Waals surface area contributed by atoms with E-state index >= 15 is 0 Å². The third-order valence-electron chi connectivity index (χ3n) is 5.17. The van der Waals surface area contributed by atoms with Crippen molar-refractivity contribution in [3.05, 3.63) is 45.1 Å². The number of carboxylic acids is 1. The van der Waals surface area contributed by atoms with Crippen LogP contribution < -0.4 is 5.32 Å². The molecule has 4 nitrogen and oxygen atoms in total. The molecule has 3 atom stereocenters. The number of carboxylic acid groups (broad SMARTS) is 1.